The van der Waals surface area contributed by atoms with E-state index in [1.165, 1.54) is 24.3 Å². The third kappa shape index (κ3) is 4.27. The zero-order chi connectivity index (χ0) is 26.7. The number of halogens is 8. The second-order valence-corrected chi connectivity index (χ2v) is 8.14. The first-order valence-electron chi connectivity index (χ1n) is 10.1. The lowest BCUT2D eigenvalue weighted by atomic mass is 10.1. The number of aryl methyl sites for hydroxylation is 1. The molecule has 0 saturated heterocycles. The maximum Gasteiger partial charge on any atom is 0.459 e. The maximum atomic E-state index is 13.9. The van der Waals surface area contributed by atoms with Gasteiger partial charge in [0, 0.05) is 24.4 Å². The van der Waals surface area contributed by atoms with Gasteiger partial charge in [-0.2, -0.15) is 50.6 Å². The number of hydrogen-bond donors (Lipinski definition) is 1. The van der Waals surface area contributed by atoms with Gasteiger partial charge in [0.15, 0.2) is 11.5 Å². The van der Waals surface area contributed by atoms with E-state index >= 15 is 0 Å². The van der Waals surface area contributed by atoms with Crippen LogP contribution in [0.2, 0.25) is 0 Å². The summed E-state index contributed by atoms with van der Waals surface area (Å²) in [6, 6.07) is 7.73. The van der Waals surface area contributed by atoms with Gasteiger partial charge in [0.2, 0.25) is 0 Å². The van der Waals surface area contributed by atoms with Crippen LogP contribution in [0.25, 0.3) is 16.9 Å². The van der Waals surface area contributed by atoms with Gasteiger partial charge in [0.25, 0.3) is 5.91 Å². The van der Waals surface area contributed by atoms with Crippen LogP contribution in [0.1, 0.15) is 34.5 Å². The van der Waals surface area contributed by atoms with Crippen molar-refractivity contribution in [3.63, 3.8) is 0 Å². The molecule has 0 aliphatic heterocycles. The van der Waals surface area contributed by atoms with Crippen LogP contribution in [0.5, 0.6) is 0 Å². The van der Waals surface area contributed by atoms with Gasteiger partial charge in [-0.3, -0.25) is 4.79 Å². The van der Waals surface area contributed by atoms with E-state index in [2.05, 4.69) is 15.5 Å². The van der Waals surface area contributed by atoms with E-state index in [4.69, 9.17) is 5.26 Å². The van der Waals surface area contributed by atoms with Crippen molar-refractivity contribution in [1.82, 2.24) is 24.9 Å². The Morgan fingerprint density at radius 1 is 1.11 bits per heavy atom. The Balaban J connectivity index is 1.74. The molecule has 1 aromatic carbocycles. The molecule has 2 aromatic heterocycles. The van der Waals surface area contributed by atoms with E-state index in [0.29, 0.717) is 17.5 Å². The average Bonchev–Trinajstić information content (AvgIpc) is 3.21. The number of aromatic nitrogens is 4. The lowest BCUT2D eigenvalue weighted by Crippen LogP contribution is -2.36. The minimum absolute atomic E-state index is 0.129. The molecule has 2 heterocycles. The van der Waals surface area contributed by atoms with Crippen molar-refractivity contribution < 1.29 is 39.9 Å². The van der Waals surface area contributed by atoms with Gasteiger partial charge in [-0.1, -0.05) is 12.1 Å². The van der Waals surface area contributed by atoms with Crippen LogP contribution in [0.15, 0.2) is 36.7 Å². The molecule has 0 spiro atoms. The van der Waals surface area contributed by atoms with Gasteiger partial charge < -0.3 is 5.32 Å². The molecule has 1 fully saturated rings. The maximum absolute atomic E-state index is 13.9. The molecule has 0 bridgehead atoms. The summed E-state index contributed by atoms with van der Waals surface area (Å²) in [5.74, 6) is -7.60. The fourth-order valence-corrected chi connectivity index (χ4v) is 3.50. The lowest BCUT2D eigenvalue weighted by Gasteiger charge is -2.19. The molecule has 15 heteroatoms. The average molecular weight is 518 g/mol. The Hall–Kier alpha value is -3.96. The molecular weight excluding hydrogens is 504 g/mol. The molecule has 0 atom stereocenters. The van der Waals surface area contributed by atoms with Crippen LogP contribution in [0, 0.1) is 11.3 Å². The topological polar surface area (TPSA) is 88.5 Å². The fourth-order valence-electron chi connectivity index (χ4n) is 3.50. The van der Waals surface area contributed by atoms with Gasteiger partial charge in [-0.05, 0) is 30.5 Å². The van der Waals surface area contributed by atoms with Gasteiger partial charge in [0.05, 0.1) is 12.3 Å². The summed E-state index contributed by atoms with van der Waals surface area (Å²) in [5, 5.41) is 18.2. The zero-order valence-corrected chi connectivity index (χ0v) is 18.0. The van der Waals surface area contributed by atoms with Crippen molar-refractivity contribution in [3.8, 4) is 23.0 Å². The molecule has 1 aliphatic rings. The number of hydrogen-bond acceptors (Lipinski definition) is 4. The smallest absolute Gasteiger partial charge is 0.334 e. The Morgan fingerprint density at radius 3 is 2.33 bits per heavy atom. The Labute approximate surface area is 196 Å². The van der Waals surface area contributed by atoms with E-state index in [-0.39, 0.29) is 21.4 Å². The second kappa shape index (κ2) is 8.04. The van der Waals surface area contributed by atoms with Crippen LogP contribution < -0.4 is 5.32 Å². The largest absolute Gasteiger partial charge is 0.459 e. The molecule has 0 unspecified atom stereocenters. The van der Waals surface area contributed by atoms with Crippen LogP contribution in [-0.4, -0.2) is 37.2 Å². The molecule has 4 rings (SSSR count). The van der Waals surface area contributed by atoms with E-state index in [1.54, 1.807) is 0 Å². The van der Waals surface area contributed by atoms with Crippen molar-refractivity contribution >= 4 is 5.91 Å². The van der Waals surface area contributed by atoms with Crippen LogP contribution >= 0.6 is 0 Å². The highest BCUT2D eigenvalue weighted by molar-refractivity contribution is 5.96. The molecule has 1 amide bonds. The highest BCUT2D eigenvalue weighted by Gasteiger charge is 2.64. The van der Waals surface area contributed by atoms with Crippen LogP contribution in [0.4, 0.5) is 35.1 Å². The third-order valence-electron chi connectivity index (χ3n) is 5.53. The third-order valence-corrected chi connectivity index (χ3v) is 5.53. The molecule has 1 saturated carbocycles. The molecule has 36 heavy (non-hydrogen) atoms. The van der Waals surface area contributed by atoms with Gasteiger partial charge in [0.1, 0.15) is 11.1 Å². The van der Waals surface area contributed by atoms with Gasteiger partial charge in [-0.25, -0.2) is 9.36 Å². The molecule has 1 aliphatic carbocycles. The number of benzene rings is 1. The first kappa shape index (κ1) is 25.1. The summed E-state index contributed by atoms with van der Waals surface area (Å²) < 4.78 is 108. The van der Waals surface area contributed by atoms with E-state index < -0.39 is 46.8 Å². The SMILES string of the molecule is Cn1nc(C(F)(F)C(F)(F)F)c(C(F)(F)F)c1-n1cc(-c2cccc(C(=O)NC3(C#N)CC3)c2)cn1. The highest BCUT2D eigenvalue weighted by Crippen LogP contribution is 2.49. The van der Waals surface area contributed by atoms with E-state index in [9.17, 15) is 39.9 Å². The van der Waals surface area contributed by atoms with Crippen molar-refractivity contribution in [2.45, 2.75) is 36.7 Å². The van der Waals surface area contributed by atoms with Crippen molar-refractivity contribution in [3.05, 3.63) is 53.5 Å². The highest BCUT2D eigenvalue weighted by atomic mass is 19.4. The van der Waals surface area contributed by atoms with Crippen molar-refractivity contribution in [2.24, 2.45) is 7.05 Å². The Morgan fingerprint density at radius 2 is 1.78 bits per heavy atom. The number of rotatable bonds is 5. The molecule has 1 N–H and O–H groups in total. The predicted octanol–water partition coefficient (Wildman–Crippen LogP) is 4.73. The zero-order valence-electron chi connectivity index (χ0n) is 18.0. The number of nitrogens with one attached hydrogen (secondary N) is 1. The van der Waals surface area contributed by atoms with E-state index in [1.807, 2.05) is 6.07 Å². The summed E-state index contributed by atoms with van der Waals surface area (Å²) in [6.07, 6.45) is -8.96. The van der Waals surface area contributed by atoms with Gasteiger partial charge in [-0.15, -0.1) is 0 Å². The predicted molar refractivity (Wildman–Crippen MR) is 106 cm³/mol. The Bertz CT molecular complexity index is 1370. The Kier molecular flexibility index (Phi) is 5.61. The van der Waals surface area contributed by atoms with Crippen LogP contribution in [-0.2, 0) is 19.1 Å². The van der Waals surface area contributed by atoms with Crippen molar-refractivity contribution in [2.75, 3.05) is 0 Å². The normalized spacial score (nSPS) is 15.4. The minimum atomic E-state index is -6.32. The fraction of sp³-hybridized carbons (Fsp3) is 0.333. The number of amides is 1. The lowest BCUT2D eigenvalue weighted by molar-refractivity contribution is -0.292. The summed E-state index contributed by atoms with van der Waals surface area (Å²) in [5.41, 5.74) is -5.19. The summed E-state index contributed by atoms with van der Waals surface area (Å²) >= 11 is 0. The molecule has 0 radical (unpaired) electrons. The van der Waals surface area contributed by atoms with Crippen LogP contribution in [0.3, 0.4) is 0 Å². The monoisotopic (exact) mass is 518 g/mol. The molecule has 3 aromatic rings. The van der Waals surface area contributed by atoms with Crippen molar-refractivity contribution in [1.29, 1.82) is 5.26 Å². The standard InChI is InChI=1S/C21H14F8N6O/c1-34-17(14(20(24,25)26)15(33-34)19(22,23)21(27,28)29)35-9-13(8-31-35)11-3-2-4-12(7-11)16(36)32-18(10-30)5-6-18/h2-4,7-9H,5-6H2,1H3,(H,32,36). The van der Waals surface area contributed by atoms with Gasteiger partial charge >= 0.3 is 18.3 Å². The quantitative estimate of drug-likeness (QED) is 0.495. The number of alkyl halides is 8. The summed E-state index contributed by atoms with van der Waals surface area (Å²) in [6.45, 7) is 0. The second-order valence-electron chi connectivity index (χ2n) is 8.14. The molecule has 7 nitrogen and oxygen atoms in total. The number of carbonyl (C=O) groups is 1. The summed E-state index contributed by atoms with van der Waals surface area (Å²) in [4.78, 5) is 12.5. The number of carbonyl (C=O) groups excluding carboxylic acids is 1. The first-order chi connectivity index (χ1) is 16.6. The first-order valence-corrected chi connectivity index (χ1v) is 10.1. The van der Waals surface area contributed by atoms with E-state index in [0.717, 1.165) is 19.4 Å². The summed E-state index contributed by atoms with van der Waals surface area (Å²) in [7, 11) is 0.774. The number of nitriles is 1. The molecular formula is C21H14F8N6O. The minimum Gasteiger partial charge on any atom is -0.334 e. The number of nitrogens with zero attached hydrogens (tertiary/aromatic N) is 5. The molecule has 190 valence electrons.